The molecule has 5 nitrogen and oxygen atoms in total. The first-order valence-corrected chi connectivity index (χ1v) is 9.68. The number of fused-ring (bicyclic) bond motifs is 1. The predicted octanol–water partition coefficient (Wildman–Crippen LogP) is 2.85. The molecule has 2 heterocycles. The van der Waals surface area contributed by atoms with Gasteiger partial charge in [0, 0.05) is 31.2 Å². The molecule has 25 heavy (non-hydrogen) atoms. The third kappa shape index (κ3) is 3.61. The second-order valence-electron chi connectivity index (χ2n) is 7.80. The van der Waals surface area contributed by atoms with E-state index >= 15 is 0 Å². The summed E-state index contributed by atoms with van der Waals surface area (Å²) >= 11 is 0. The molecule has 1 N–H and O–H groups in total. The molecule has 2 aliphatic heterocycles. The number of nitrogens with zero attached hydrogens (tertiary/aromatic N) is 2. The smallest absolute Gasteiger partial charge is 0.317 e. The van der Waals surface area contributed by atoms with Crippen LogP contribution in [-0.4, -0.2) is 54.7 Å². The van der Waals surface area contributed by atoms with Crippen molar-refractivity contribution in [3.63, 3.8) is 0 Å². The first kappa shape index (κ1) is 16.7. The minimum absolute atomic E-state index is 0.0706. The Labute approximate surface area is 150 Å². The molecule has 1 saturated carbocycles. The van der Waals surface area contributed by atoms with Crippen molar-refractivity contribution in [1.29, 1.82) is 0 Å². The zero-order chi connectivity index (χ0) is 17.2. The summed E-state index contributed by atoms with van der Waals surface area (Å²) < 4.78 is 6.07. The molecule has 136 valence electrons. The molecule has 4 rings (SSSR count). The van der Waals surface area contributed by atoms with E-state index in [0.29, 0.717) is 24.6 Å². The van der Waals surface area contributed by atoms with Crippen LogP contribution in [0.15, 0.2) is 24.3 Å². The van der Waals surface area contributed by atoms with Gasteiger partial charge in [0.1, 0.15) is 5.75 Å². The monoisotopic (exact) mass is 343 g/mol. The lowest BCUT2D eigenvalue weighted by atomic mass is 9.92. The Morgan fingerprint density at radius 1 is 1.20 bits per heavy atom. The molecule has 0 unspecified atom stereocenters. The minimum Gasteiger partial charge on any atom is -0.490 e. The average Bonchev–Trinajstić information content (AvgIpc) is 3.00. The first-order chi connectivity index (χ1) is 12.2. The van der Waals surface area contributed by atoms with Crippen LogP contribution in [0.4, 0.5) is 4.79 Å². The van der Waals surface area contributed by atoms with Gasteiger partial charge in [-0.05, 0) is 57.7 Å². The van der Waals surface area contributed by atoms with Crippen LogP contribution in [0.2, 0.25) is 0 Å². The summed E-state index contributed by atoms with van der Waals surface area (Å²) in [4.78, 5) is 17.1. The van der Waals surface area contributed by atoms with Crippen molar-refractivity contribution in [2.45, 2.75) is 50.8 Å². The summed E-state index contributed by atoms with van der Waals surface area (Å²) in [6.07, 6.45) is 6.26. The van der Waals surface area contributed by atoms with E-state index in [1.807, 2.05) is 18.2 Å². The lowest BCUT2D eigenvalue weighted by Gasteiger charge is -2.36. The number of ether oxygens (including phenoxy) is 1. The zero-order valence-corrected chi connectivity index (χ0v) is 15.1. The van der Waals surface area contributed by atoms with Crippen LogP contribution in [0.3, 0.4) is 0 Å². The van der Waals surface area contributed by atoms with Crippen molar-refractivity contribution >= 4 is 6.03 Å². The number of para-hydroxylation sites is 1. The number of hydrogen-bond acceptors (Lipinski definition) is 3. The molecule has 2 amide bonds. The maximum atomic E-state index is 12.7. The summed E-state index contributed by atoms with van der Waals surface area (Å²) in [5.74, 6) is 1.60. The predicted molar refractivity (Wildman–Crippen MR) is 97.7 cm³/mol. The van der Waals surface area contributed by atoms with Crippen molar-refractivity contribution in [3.05, 3.63) is 29.8 Å². The molecule has 0 aromatic heterocycles. The fraction of sp³-hybridized carbons (Fsp3) is 0.650. The number of piperidine rings is 1. The Morgan fingerprint density at radius 2 is 2.00 bits per heavy atom. The number of carbonyl (C=O) groups excluding carboxylic acids is 1. The third-order valence-corrected chi connectivity index (χ3v) is 6.07. The van der Waals surface area contributed by atoms with Gasteiger partial charge in [-0.25, -0.2) is 4.79 Å². The highest BCUT2D eigenvalue weighted by Gasteiger charge is 2.39. The molecule has 3 fully saturated rings. The number of likely N-dealkylation sites (tertiary alicyclic amines) is 2. The number of amides is 2. The molecule has 2 saturated heterocycles. The molecule has 0 spiro atoms. The maximum absolute atomic E-state index is 12.7. The summed E-state index contributed by atoms with van der Waals surface area (Å²) in [7, 11) is 2.15. The van der Waals surface area contributed by atoms with Crippen LogP contribution < -0.4 is 10.1 Å². The number of rotatable bonds is 4. The van der Waals surface area contributed by atoms with Gasteiger partial charge in [-0.2, -0.15) is 0 Å². The number of nitrogens with one attached hydrogen (secondary N) is 1. The zero-order valence-electron chi connectivity index (χ0n) is 15.1. The molecular weight excluding hydrogens is 314 g/mol. The first-order valence-electron chi connectivity index (χ1n) is 9.68. The standard InChI is InChI=1S/C20H29N3O2/c1-22-11-9-15-10-12-23(18(15)14-22)20(24)21-13-16-5-2-3-8-19(16)25-17-6-4-7-17/h2-3,5,8,15,17-18H,4,6-7,9-14H2,1H3,(H,21,24)/t15-,18-/m0/s1. The van der Waals surface area contributed by atoms with Gasteiger partial charge in [0.05, 0.1) is 6.10 Å². The molecule has 0 bridgehead atoms. The highest BCUT2D eigenvalue weighted by atomic mass is 16.5. The van der Waals surface area contributed by atoms with E-state index in [1.54, 1.807) is 0 Å². The van der Waals surface area contributed by atoms with Gasteiger partial charge in [-0.3, -0.25) is 0 Å². The van der Waals surface area contributed by atoms with Crippen LogP contribution in [0.5, 0.6) is 5.75 Å². The SMILES string of the molecule is CN1CC[C@H]2CCN(C(=O)NCc3ccccc3OC3CCC3)[C@H]2C1. The Kier molecular flexibility index (Phi) is 4.84. The Bertz CT molecular complexity index is 617. The molecule has 1 aromatic rings. The lowest BCUT2D eigenvalue weighted by molar-refractivity contribution is 0.118. The Morgan fingerprint density at radius 3 is 2.80 bits per heavy atom. The topological polar surface area (TPSA) is 44.8 Å². The summed E-state index contributed by atoms with van der Waals surface area (Å²) in [5.41, 5.74) is 1.07. The van der Waals surface area contributed by atoms with E-state index in [2.05, 4.69) is 28.2 Å². The second-order valence-corrected chi connectivity index (χ2v) is 7.80. The number of hydrogen-bond donors (Lipinski definition) is 1. The van der Waals surface area contributed by atoms with Crippen molar-refractivity contribution in [3.8, 4) is 5.75 Å². The van der Waals surface area contributed by atoms with Gasteiger partial charge < -0.3 is 19.9 Å². The van der Waals surface area contributed by atoms with E-state index in [1.165, 1.54) is 12.8 Å². The fourth-order valence-electron chi connectivity index (χ4n) is 4.26. The Hall–Kier alpha value is -1.75. The largest absolute Gasteiger partial charge is 0.490 e. The minimum atomic E-state index is 0.0706. The summed E-state index contributed by atoms with van der Waals surface area (Å²) in [6, 6.07) is 8.53. The van der Waals surface area contributed by atoms with E-state index in [0.717, 1.165) is 50.2 Å². The normalized spacial score (nSPS) is 26.8. The van der Waals surface area contributed by atoms with Crippen molar-refractivity contribution in [2.75, 3.05) is 26.7 Å². The van der Waals surface area contributed by atoms with Crippen molar-refractivity contribution in [2.24, 2.45) is 5.92 Å². The highest BCUT2D eigenvalue weighted by molar-refractivity contribution is 5.75. The van der Waals surface area contributed by atoms with Gasteiger partial charge in [-0.15, -0.1) is 0 Å². The molecule has 0 radical (unpaired) electrons. The summed E-state index contributed by atoms with van der Waals surface area (Å²) in [5, 5.41) is 3.13. The number of carbonyl (C=O) groups is 1. The number of likely N-dealkylation sites (N-methyl/N-ethyl adjacent to an activating group) is 1. The Balaban J connectivity index is 1.36. The highest BCUT2D eigenvalue weighted by Crippen LogP contribution is 2.31. The number of urea groups is 1. The molecule has 5 heteroatoms. The fourth-order valence-corrected chi connectivity index (χ4v) is 4.26. The molecule has 1 aliphatic carbocycles. The third-order valence-electron chi connectivity index (χ3n) is 6.07. The summed E-state index contributed by atoms with van der Waals surface area (Å²) in [6.45, 7) is 3.57. The number of benzene rings is 1. The van der Waals surface area contributed by atoms with Crippen molar-refractivity contribution < 1.29 is 9.53 Å². The van der Waals surface area contributed by atoms with Crippen LogP contribution in [0.1, 0.15) is 37.7 Å². The molecule has 1 aromatic carbocycles. The van der Waals surface area contributed by atoms with Crippen LogP contribution in [0, 0.1) is 5.92 Å². The quantitative estimate of drug-likeness (QED) is 0.914. The second kappa shape index (κ2) is 7.24. The average molecular weight is 343 g/mol. The van der Waals surface area contributed by atoms with Crippen LogP contribution >= 0.6 is 0 Å². The molecular formula is C20H29N3O2. The van der Waals surface area contributed by atoms with E-state index in [4.69, 9.17) is 4.74 Å². The van der Waals surface area contributed by atoms with Crippen LogP contribution in [0.25, 0.3) is 0 Å². The van der Waals surface area contributed by atoms with Gasteiger partial charge in [0.25, 0.3) is 0 Å². The lowest BCUT2D eigenvalue weighted by Crippen LogP contribution is -2.51. The van der Waals surface area contributed by atoms with Gasteiger partial charge in [0.2, 0.25) is 0 Å². The van der Waals surface area contributed by atoms with E-state index < -0.39 is 0 Å². The van der Waals surface area contributed by atoms with E-state index in [9.17, 15) is 4.79 Å². The van der Waals surface area contributed by atoms with E-state index in [-0.39, 0.29) is 6.03 Å². The van der Waals surface area contributed by atoms with Gasteiger partial charge >= 0.3 is 6.03 Å². The van der Waals surface area contributed by atoms with Gasteiger partial charge in [0.15, 0.2) is 0 Å². The van der Waals surface area contributed by atoms with Crippen LogP contribution in [-0.2, 0) is 6.54 Å². The maximum Gasteiger partial charge on any atom is 0.317 e. The molecule has 3 aliphatic rings. The molecule has 2 atom stereocenters. The van der Waals surface area contributed by atoms with Crippen molar-refractivity contribution in [1.82, 2.24) is 15.1 Å². The van der Waals surface area contributed by atoms with Gasteiger partial charge in [-0.1, -0.05) is 18.2 Å².